The topological polar surface area (TPSA) is 148 Å². The van der Waals surface area contributed by atoms with Gasteiger partial charge in [-0.3, -0.25) is 9.69 Å². The minimum Gasteiger partial charge on any atom is -0.506 e. The Morgan fingerprint density at radius 1 is 0.873 bits per heavy atom. The standard InChI is InChI=1S/C44H50N4O7/c49-39-17-15-36(37-16-18-41(51)46-42(37)39)40(50)27-45-21-5-2-6-24-54-34-13-7-9-30(25-34)29-55-35-14-8-12-33(26-35)43(32-10-3-1-4-11-32)48(44(52)53)38-28-47-22-19-31(38)20-23-47/h1,3-4,7-18,25-26,31,38,40,43,45,49-50H,2,5-6,19-24,27-29H2,(H,46,51)(H,52,53)/t38-,40-,43?/m0/s1. The minimum absolute atomic E-state index is 0.0284. The Kier molecular flexibility index (Phi) is 12.3. The van der Waals surface area contributed by atoms with Crippen molar-refractivity contribution < 1.29 is 29.6 Å². The number of aromatic amines is 1. The molecule has 4 heterocycles. The van der Waals surface area contributed by atoms with E-state index in [-0.39, 0.29) is 17.4 Å². The number of nitrogens with one attached hydrogen (secondary N) is 2. The maximum atomic E-state index is 13.0. The van der Waals surface area contributed by atoms with E-state index in [9.17, 15) is 24.9 Å². The molecule has 4 aromatic carbocycles. The second-order valence-electron chi connectivity index (χ2n) is 14.6. The number of aliphatic hydroxyl groups excluding tert-OH is 1. The van der Waals surface area contributed by atoms with Gasteiger partial charge in [0.15, 0.2) is 0 Å². The molecule has 0 aliphatic carbocycles. The number of ether oxygens (including phenoxy) is 2. The van der Waals surface area contributed by atoms with Crippen molar-refractivity contribution in [1.82, 2.24) is 20.1 Å². The van der Waals surface area contributed by atoms with Gasteiger partial charge in [0.05, 0.1) is 30.3 Å². The van der Waals surface area contributed by atoms with Gasteiger partial charge in [-0.1, -0.05) is 60.7 Å². The average Bonchev–Trinajstić information content (AvgIpc) is 3.21. The zero-order valence-electron chi connectivity index (χ0n) is 31.0. The largest absolute Gasteiger partial charge is 0.506 e. The summed E-state index contributed by atoms with van der Waals surface area (Å²) in [5, 5.41) is 35.4. The molecule has 3 aliphatic heterocycles. The number of rotatable bonds is 17. The molecule has 3 fully saturated rings. The molecule has 5 N–H and O–H groups in total. The smallest absolute Gasteiger partial charge is 0.408 e. The number of hydrogen-bond donors (Lipinski definition) is 5. The van der Waals surface area contributed by atoms with Crippen molar-refractivity contribution in [2.75, 3.05) is 39.3 Å². The van der Waals surface area contributed by atoms with Crippen LogP contribution in [-0.4, -0.2) is 81.6 Å². The quantitative estimate of drug-likeness (QED) is 0.0645. The molecular weight excluding hydrogens is 697 g/mol. The second kappa shape index (κ2) is 17.9. The fourth-order valence-electron chi connectivity index (χ4n) is 8.13. The van der Waals surface area contributed by atoms with E-state index in [1.165, 1.54) is 12.1 Å². The van der Waals surface area contributed by atoms with Gasteiger partial charge in [-0.05, 0) is 116 Å². The summed E-state index contributed by atoms with van der Waals surface area (Å²) in [5.41, 5.74) is 3.46. The highest BCUT2D eigenvalue weighted by Crippen LogP contribution is 2.39. The molecule has 11 heteroatoms. The van der Waals surface area contributed by atoms with Gasteiger partial charge in [-0.25, -0.2) is 4.79 Å². The highest BCUT2D eigenvalue weighted by atomic mass is 16.5. The third-order valence-electron chi connectivity index (χ3n) is 10.9. The van der Waals surface area contributed by atoms with Crippen molar-refractivity contribution in [3.8, 4) is 17.2 Å². The van der Waals surface area contributed by atoms with Crippen LogP contribution < -0.4 is 20.3 Å². The molecule has 1 aromatic heterocycles. The maximum Gasteiger partial charge on any atom is 0.408 e. The van der Waals surface area contributed by atoms with E-state index in [4.69, 9.17) is 9.47 Å². The number of phenolic OH excluding ortho intramolecular Hbond substituents is 1. The molecule has 0 spiro atoms. The van der Waals surface area contributed by atoms with Crippen molar-refractivity contribution >= 4 is 17.0 Å². The van der Waals surface area contributed by atoms with Crippen LogP contribution in [-0.2, 0) is 6.61 Å². The molecule has 0 saturated carbocycles. The lowest BCUT2D eigenvalue weighted by Crippen LogP contribution is -2.59. The molecule has 1 amide bonds. The van der Waals surface area contributed by atoms with Gasteiger partial charge in [-0.2, -0.15) is 0 Å². The lowest BCUT2D eigenvalue weighted by molar-refractivity contribution is -0.000812. The number of unbranched alkanes of at least 4 members (excludes halogenated alkanes) is 2. The van der Waals surface area contributed by atoms with E-state index in [1.54, 1.807) is 17.0 Å². The summed E-state index contributed by atoms with van der Waals surface area (Å²) in [6.07, 6.45) is 3.12. The van der Waals surface area contributed by atoms with E-state index in [0.717, 1.165) is 80.7 Å². The first kappa shape index (κ1) is 37.9. The Balaban J connectivity index is 0.886. The third-order valence-corrected chi connectivity index (χ3v) is 10.9. The molecule has 3 saturated heterocycles. The summed E-state index contributed by atoms with van der Waals surface area (Å²) in [4.78, 5) is 31.4. The normalized spacial score (nSPS) is 18.8. The van der Waals surface area contributed by atoms with E-state index < -0.39 is 18.2 Å². The number of H-pyrrole nitrogens is 1. The summed E-state index contributed by atoms with van der Waals surface area (Å²) in [6.45, 7) is 4.85. The minimum atomic E-state index is -0.899. The summed E-state index contributed by atoms with van der Waals surface area (Å²) < 4.78 is 12.3. The number of hydrogen-bond acceptors (Lipinski definition) is 8. The second-order valence-corrected chi connectivity index (χ2v) is 14.6. The molecule has 8 rings (SSSR count). The van der Waals surface area contributed by atoms with Crippen LogP contribution in [0.25, 0.3) is 10.9 Å². The Hall–Kier alpha value is -5.36. The lowest BCUT2D eigenvalue weighted by atomic mass is 9.81. The van der Waals surface area contributed by atoms with Gasteiger partial charge >= 0.3 is 6.09 Å². The Labute approximate surface area is 321 Å². The summed E-state index contributed by atoms with van der Waals surface area (Å²) in [6, 6.07) is 31.3. The molecule has 0 radical (unpaired) electrons. The number of piperidine rings is 3. The zero-order chi connectivity index (χ0) is 38.1. The Bertz CT molecular complexity index is 2100. The number of phenols is 1. The van der Waals surface area contributed by atoms with Crippen LogP contribution in [0.1, 0.15) is 66.5 Å². The molecular formula is C44H50N4O7. The van der Waals surface area contributed by atoms with E-state index in [2.05, 4.69) is 15.2 Å². The predicted molar refractivity (Wildman–Crippen MR) is 212 cm³/mol. The number of aromatic nitrogens is 1. The Morgan fingerprint density at radius 2 is 1.64 bits per heavy atom. The maximum absolute atomic E-state index is 13.0. The van der Waals surface area contributed by atoms with Crippen LogP contribution in [0.5, 0.6) is 17.2 Å². The molecule has 11 nitrogen and oxygen atoms in total. The van der Waals surface area contributed by atoms with Gasteiger partial charge in [0.25, 0.3) is 0 Å². The highest BCUT2D eigenvalue weighted by Gasteiger charge is 2.43. The van der Waals surface area contributed by atoms with Gasteiger partial charge in [0, 0.05) is 24.5 Å². The number of carbonyl (C=O) groups is 1. The van der Waals surface area contributed by atoms with Gasteiger partial charge < -0.3 is 40.0 Å². The third kappa shape index (κ3) is 9.30. The summed E-state index contributed by atoms with van der Waals surface area (Å²) in [7, 11) is 0. The van der Waals surface area contributed by atoms with Crippen LogP contribution >= 0.6 is 0 Å². The van der Waals surface area contributed by atoms with Crippen LogP contribution in [0, 0.1) is 5.92 Å². The van der Waals surface area contributed by atoms with Crippen molar-refractivity contribution in [2.45, 2.75) is 56.9 Å². The molecule has 55 heavy (non-hydrogen) atoms. The van der Waals surface area contributed by atoms with Crippen molar-refractivity contribution in [3.05, 3.63) is 136 Å². The zero-order valence-corrected chi connectivity index (χ0v) is 31.0. The molecule has 5 aromatic rings. The van der Waals surface area contributed by atoms with E-state index in [1.807, 2.05) is 78.9 Å². The van der Waals surface area contributed by atoms with E-state index >= 15 is 0 Å². The number of aromatic hydroxyl groups is 1. The number of fused-ring (bicyclic) bond motifs is 4. The first-order chi connectivity index (χ1) is 26.8. The number of aliphatic hydroxyl groups is 1. The van der Waals surface area contributed by atoms with Gasteiger partial charge in [0.2, 0.25) is 5.56 Å². The SMILES string of the molecule is O=C(O)N(C(c1ccccc1)c1cccc(OCc2cccc(OCCCCCNC[C@H](O)c3ccc(O)c4[nH]c(=O)ccc34)c2)c1)[C@H]1CN2CCC1CC2. The monoisotopic (exact) mass is 746 g/mol. The van der Waals surface area contributed by atoms with Crippen molar-refractivity contribution in [2.24, 2.45) is 5.92 Å². The fraction of sp³-hybridized carbons (Fsp3) is 0.364. The van der Waals surface area contributed by atoms with Crippen molar-refractivity contribution in [3.63, 3.8) is 0 Å². The van der Waals surface area contributed by atoms with Gasteiger partial charge in [0.1, 0.15) is 23.9 Å². The summed E-state index contributed by atoms with van der Waals surface area (Å²) >= 11 is 0. The number of amides is 1. The van der Waals surface area contributed by atoms with E-state index in [0.29, 0.717) is 47.9 Å². The molecule has 3 atom stereocenters. The molecule has 3 aliphatic rings. The molecule has 1 unspecified atom stereocenters. The number of pyridine rings is 1. The average molecular weight is 747 g/mol. The molecule has 288 valence electrons. The van der Waals surface area contributed by atoms with Crippen LogP contribution in [0.4, 0.5) is 4.79 Å². The van der Waals surface area contributed by atoms with Crippen LogP contribution in [0.3, 0.4) is 0 Å². The highest BCUT2D eigenvalue weighted by molar-refractivity contribution is 5.87. The number of benzene rings is 4. The van der Waals surface area contributed by atoms with Crippen molar-refractivity contribution in [1.29, 1.82) is 0 Å². The van der Waals surface area contributed by atoms with Gasteiger partial charge in [-0.15, -0.1) is 0 Å². The first-order valence-corrected chi connectivity index (χ1v) is 19.3. The number of nitrogens with zero attached hydrogens (tertiary/aromatic N) is 2. The fourth-order valence-corrected chi connectivity index (χ4v) is 8.13. The lowest BCUT2D eigenvalue weighted by Gasteiger charge is -2.50. The molecule has 2 bridgehead atoms. The number of carboxylic acid groups (broad SMARTS) is 1. The first-order valence-electron chi connectivity index (χ1n) is 19.3. The summed E-state index contributed by atoms with van der Waals surface area (Å²) in [5.74, 6) is 1.79. The Morgan fingerprint density at radius 3 is 2.40 bits per heavy atom. The van der Waals surface area contributed by atoms with Crippen LogP contribution in [0.15, 0.2) is 108 Å². The van der Waals surface area contributed by atoms with Crippen LogP contribution in [0.2, 0.25) is 0 Å². The predicted octanol–water partition coefficient (Wildman–Crippen LogP) is 6.85.